The van der Waals surface area contributed by atoms with E-state index in [0.717, 1.165) is 6.07 Å². The van der Waals surface area contributed by atoms with Crippen molar-refractivity contribution in [3.63, 3.8) is 0 Å². The van der Waals surface area contributed by atoms with Crippen molar-refractivity contribution < 1.29 is 17.7 Å². The third-order valence-corrected chi connectivity index (χ3v) is 4.75. The number of rotatable bonds is 4. The highest BCUT2D eigenvalue weighted by Gasteiger charge is 2.31. The summed E-state index contributed by atoms with van der Waals surface area (Å²) in [5.74, 6) is -4.82. The minimum Gasteiger partial charge on any atom is -0.591 e. The van der Waals surface area contributed by atoms with Crippen LogP contribution in [-0.2, 0) is 17.3 Å². The molecule has 0 fully saturated rings. The minimum atomic E-state index is -3.28. The molecule has 0 bridgehead atoms. The molecule has 2 unspecified atom stereocenters. The smallest absolute Gasteiger partial charge is 0.273 e. The Kier molecular flexibility index (Phi) is 6.14. The molecule has 0 aromatic heterocycles. The molecule has 0 aliphatic carbocycles. The van der Waals surface area contributed by atoms with Gasteiger partial charge in [-0.3, -0.25) is 0 Å². The first-order valence-corrected chi connectivity index (χ1v) is 8.57. The van der Waals surface area contributed by atoms with Crippen molar-refractivity contribution in [3.05, 3.63) is 33.5 Å². The molecule has 0 N–H and O–H groups in total. The summed E-state index contributed by atoms with van der Waals surface area (Å²) in [6.07, 6.45) is 1.34. The van der Waals surface area contributed by atoms with E-state index < -0.39 is 39.3 Å². The van der Waals surface area contributed by atoms with Gasteiger partial charge >= 0.3 is 0 Å². The largest absolute Gasteiger partial charge is 0.591 e. The predicted molar refractivity (Wildman–Crippen MR) is 88.5 cm³/mol. The van der Waals surface area contributed by atoms with E-state index in [0.29, 0.717) is 11.4 Å². The van der Waals surface area contributed by atoms with Crippen LogP contribution in [0.4, 0.5) is 13.2 Å². The van der Waals surface area contributed by atoms with Crippen LogP contribution in [0.15, 0.2) is 21.0 Å². The second kappa shape index (κ2) is 6.93. The van der Waals surface area contributed by atoms with Crippen LogP contribution in [0.2, 0.25) is 0 Å². The molecule has 1 aromatic rings. The average molecular weight is 398 g/mol. The van der Waals surface area contributed by atoms with Gasteiger partial charge in [0.2, 0.25) is 0 Å². The highest BCUT2D eigenvalue weighted by atomic mass is 79.9. The Morgan fingerprint density at radius 1 is 1.27 bits per heavy atom. The molecule has 0 aliphatic heterocycles. The number of halogens is 4. The number of benzene rings is 1. The molecule has 1 rings (SSSR count). The third kappa shape index (κ3) is 4.99. The SMILES string of the molecule is CC(C=N[S+]([O-])C(C)(C)C)c1cc(Br)cc(C(C)(F)F)c1F. The van der Waals surface area contributed by atoms with E-state index in [2.05, 4.69) is 20.3 Å². The van der Waals surface area contributed by atoms with Gasteiger partial charge in [0.15, 0.2) is 0 Å². The number of alkyl halides is 2. The van der Waals surface area contributed by atoms with Crippen molar-refractivity contribution in [1.29, 1.82) is 0 Å². The highest BCUT2D eigenvalue weighted by Crippen LogP contribution is 2.35. The first-order chi connectivity index (χ1) is 9.84. The van der Waals surface area contributed by atoms with Gasteiger partial charge in [-0.1, -0.05) is 27.3 Å². The summed E-state index contributed by atoms with van der Waals surface area (Å²) in [5, 5.41) is 0. The van der Waals surface area contributed by atoms with Gasteiger partial charge in [0.05, 0.1) is 11.8 Å². The molecule has 0 amide bonds. The Morgan fingerprint density at radius 2 is 1.82 bits per heavy atom. The van der Waals surface area contributed by atoms with Crippen LogP contribution in [-0.4, -0.2) is 15.5 Å². The lowest BCUT2D eigenvalue weighted by Crippen LogP contribution is -2.26. The van der Waals surface area contributed by atoms with Crippen molar-refractivity contribution >= 4 is 33.5 Å². The van der Waals surface area contributed by atoms with Crippen LogP contribution >= 0.6 is 15.9 Å². The molecule has 7 heteroatoms. The summed E-state index contributed by atoms with van der Waals surface area (Å²) >= 11 is 1.64. The molecule has 0 radical (unpaired) electrons. The zero-order chi connectivity index (χ0) is 17.3. The summed E-state index contributed by atoms with van der Waals surface area (Å²) < 4.78 is 56.9. The topological polar surface area (TPSA) is 35.4 Å². The van der Waals surface area contributed by atoms with Gasteiger partial charge in [-0.05, 0) is 38.5 Å². The van der Waals surface area contributed by atoms with Crippen molar-refractivity contribution in [3.8, 4) is 0 Å². The quantitative estimate of drug-likeness (QED) is 0.498. The van der Waals surface area contributed by atoms with Gasteiger partial charge in [-0.25, -0.2) is 13.2 Å². The van der Waals surface area contributed by atoms with Crippen LogP contribution in [0.3, 0.4) is 0 Å². The minimum absolute atomic E-state index is 0.0839. The fourth-order valence-corrected chi connectivity index (χ4v) is 2.73. The molecule has 0 saturated carbocycles. The number of nitrogens with zero attached hydrogens (tertiary/aromatic N) is 1. The molecule has 2 nitrogen and oxygen atoms in total. The zero-order valence-corrected chi connectivity index (χ0v) is 15.5. The number of hydrogen-bond acceptors (Lipinski definition) is 2. The van der Waals surface area contributed by atoms with Gasteiger partial charge in [-0.15, -0.1) is 0 Å². The molecule has 22 heavy (non-hydrogen) atoms. The second-order valence-electron chi connectivity index (χ2n) is 6.15. The van der Waals surface area contributed by atoms with Crippen molar-refractivity contribution in [2.75, 3.05) is 0 Å². The maximum atomic E-state index is 14.3. The monoisotopic (exact) mass is 397 g/mol. The maximum absolute atomic E-state index is 14.3. The molecule has 1 aromatic carbocycles. The lowest BCUT2D eigenvalue weighted by Gasteiger charge is -2.19. The Bertz CT molecular complexity index is 567. The van der Waals surface area contributed by atoms with Gasteiger partial charge in [-0.2, -0.15) is 0 Å². The summed E-state index contributed by atoms with van der Waals surface area (Å²) in [5.41, 5.74) is -0.588. The first-order valence-electron chi connectivity index (χ1n) is 6.67. The van der Waals surface area contributed by atoms with Gasteiger partial charge in [0.1, 0.15) is 21.9 Å². The lowest BCUT2D eigenvalue weighted by molar-refractivity contribution is 0.0135. The Morgan fingerprint density at radius 3 is 2.27 bits per heavy atom. The Labute approximate surface area is 140 Å². The maximum Gasteiger partial charge on any atom is 0.273 e. The molecule has 2 atom stereocenters. The van der Waals surface area contributed by atoms with Crippen molar-refractivity contribution in [1.82, 2.24) is 0 Å². The molecule has 0 spiro atoms. The molecule has 0 aliphatic rings. The van der Waals surface area contributed by atoms with Crippen LogP contribution in [0, 0.1) is 5.82 Å². The summed E-state index contributed by atoms with van der Waals surface area (Å²) in [6.45, 7) is 7.56. The van der Waals surface area contributed by atoms with Crippen LogP contribution in [0.25, 0.3) is 0 Å². The second-order valence-corrected chi connectivity index (χ2v) is 9.00. The van der Waals surface area contributed by atoms with E-state index in [1.54, 1.807) is 27.7 Å². The van der Waals surface area contributed by atoms with E-state index >= 15 is 0 Å². The standard InChI is InChI=1S/C15H19BrF3NOS/c1-9(8-20-22(21)14(2,3)4)11-6-10(16)7-12(13(11)17)15(5,18)19/h6-9H,1-5H3. The van der Waals surface area contributed by atoms with Gasteiger partial charge < -0.3 is 4.55 Å². The van der Waals surface area contributed by atoms with E-state index in [9.17, 15) is 17.7 Å². The lowest BCUT2D eigenvalue weighted by atomic mass is 9.97. The number of hydrogen-bond donors (Lipinski definition) is 0. The van der Waals surface area contributed by atoms with E-state index in [-0.39, 0.29) is 5.56 Å². The summed E-state index contributed by atoms with van der Waals surface area (Å²) in [6, 6.07) is 2.50. The van der Waals surface area contributed by atoms with E-state index in [4.69, 9.17) is 0 Å². The van der Waals surface area contributed by atoms with E-state index in [1.807, 2.05) is 0 Å². The van der Waals surface area contributed by atoms with Crippen LogP contribution < -0.4 is 0 Å². The fourth-order valence-electron chi connectivity index (χ4n) is 1.65. The zero-order valence-electron chi connectivity index (χ0n) is 13.1. The summed E-state index contributed by atoms with van der Waals surface area (Å²) in [4.78, 5) is 0. The molecule has 124 valence electrons. The van der Waals surface area contributed by atoms with Gasteiger partial charge in [0.25, 0.3) is 5.92 Å². The molecule has 0 saturated heterocycles. The van der Waals surface area contributed by atoms with Crippen LogP contribution in [0.1, 0.15) is 51.7 Å². The third-order valence-electron chi connectivity index (χ3n) is 2.93. The van der Waals surface area contributed by atoms with Crippen molar-refractivity contribution in [2.24, 2.45) is 4.40 Å². The predicted octanol–water partition coefficient (Wildman–Crippen LogP) is 5.34. The Balaban J connectivity index is 3.17. The van der Waals surface area contributed by atoms with Crippen molar-refractivity contribution in [2.45, 2.75) is 51.2 Å². The Hall–Kier alpha value is -0.530. The highest BCUT2D eigenvalue weighted by molar-refractivity contribution is 9.10. The molecule has 0 heterocycles. The van der Waals surface area contributed by atoms with Crippen LogP contribution in [0.5, 0.6) is 0 Å². The molecular formula is C15H19BrF3NOS. The first kappa shape index (κ1) is 19.5. The summed E-state index contributed by atoms with van der Waals surface area (Å²) in [7, 11) is 0. The van der Waals surface area contributed by atoms with E-state index in [1.165, 1.54) is 12.3 Å². The fraction of sp³-hybridized carbons (Fsp3) is 0.533. The molecular weight excluding hydrogens is 379 g/mol. The van der Waals surface area contributed by atoms with Gasteiger partial charge in [0, 0.05) is 17.3 Å². The average Bonchev–Trinajstić information content (AvgIpc) is 2.35. The normalized spacial score (nSPS) is 16.1.